The Bertz CT molecular complexity index is 589. The van der Waals surface area contributed by atoms with Crippen molar-refractivity contribution in [2.75, 3.05) is 23.3 Å². The van der Waals surface area contributed by atoms with E-state index in [0.29, 0.717) is 0 Å². The van der Waals surface area contributed by atoms with E-state index in [2.05, 4.69) is 5.32 Å². The minimum atomic E-state index is -3.54. The molecular weight excluding hydrogens is 275 g/mol. The molecule has 106 valence electrons. The number of primary sulfonamides is 1. The zero-order valence-electron chi connectivity index (χ0n) is 10.0. The molecule has 0 aliphatic carbocycles. The van der Waals surface area contributed by atoms with Crippen molar-refractivity contribution in [2.24, 2.45) is 10.9 Å². The molecule has 0 aliphatic rings. The first kappa shape index (κ1) is 15.2. The number of amides is 1. The Balaban J connectivity index is 2.73. The van der Waals surface area contributed by atoms with Crippen LogP contribution in [0.4, 0.5) is 15.8 Å². The molecule has 0 fully saturated rings. The average molecular weight is 290 g/mol. The van der Waals surface area contributed by atoms with Gasteiger partial charge >= 0.3 is 0 Å². The second-order valence-corrected chi connectivity index (χ2v) is 5.66. The third-order valence-corrected chi connectivity index (χ3v) is 3.18. The number of carbonyl (C=O) groups excluding carboxylic acids is 1. The van der Waals surface area contributed by atoms with Crippen molar-refractivity contribution < 1.29 is 17.6 Å². The molecule has 9 heteroatoms. The largest absolute Gasteiger partial charge is 0.398 e. The average Bonchev–Trinajstić information content (AvgIpc) is 2.24. The highest BCUT2D eigenvalue weighted by molar-refractivity contribution is 7.89. The quantitative estimate of drug-likeness (QED) is 0.416. The van der Waals surface area contributed by atoms with Crippen molar-refractivity contribution in [3.05, 3.63) is 23.5 Å². The summed E-state index contributed by atoms with van der Waals surface area (Å²) in [6, 6.07) is 2.16. The van der Waals surface area contributed by atoms with E-state index in [1.807, 2.05) is 0 Å². The Morgan fingerprint density at radius 3 is 2.53 bits per heavy atom. The molecule has 0 unspecified atom stereocenters. The number of nitrogen functional groups attached to an aromatic ring is 1. The minimum Gasteiger partial charge on any atom is -0.398 e. The Kier molecular flexibility index (Phi) is 4.67. The van der Waals surface area contributed by atoms with Gasteiger partial charge in [-0.2, -0.15) is 0 Å². The molecule has 0 aromatic heterocycles. The molecule has 0 heterocycles. The third-order valence-electron chi connectivity index (χ3n) is 2.33. The molecule has 7 N–H and O–H groups in total. The first-order chi connectivity index (χ1) is 8.70. The van der Waals surface area contributed by atoms with Gasteiger partial charge in [-0.25, -0.2) is 17.9 Å². The van der Waals surface area contributed by atoms with Gasteiger partial charge in [0, 0.05) is 12.2 Å². The van der Waals surface area contributed by atoms with Gasteiger partial charge in [-0.05, 0) is 18.6 Å². The summed E-state index contributed by atoms with van der Waals surface area (Å²) in [5, 5.41) is 7.47. The number of benzene rings is 1. The molecule has 1 aromatic rings. The highest BCUT2D eigenvalue weighted by Crippen LogP contribution is 2.21. The van der Waals surface area contributed by atoms with Crippen molar-refractivity contribution in [3.63, 3.8) is 0 Å². The number of primary amides is 1. The van der Waals surface area contributed by atoms with Gasteiger partial charge in [-0.15, -0.1) is 0 Å². The summed E-state index contributed by atoms with van der Waals surface area (Å²) >= 11 is 0. The molecule has 7 nitrogen and oxygen atoms in total. The van der Waals surface area contributed by atoms with E-state index in [4.69, 9.17) is 16.6 Å². The van der Waals surface area contributed by atoms with Crippen LogP contribution in [0.25, 0.3) is 0 Å². The van der Waals surface area contributed by atoms with Crippen LogP contribution in [0.3, 0.4) is 0 Å². The molecule has 19 heavy (non-hydrogen) atoms. The SMILES string of the molecule is NC(=O)c1cc(NCCCS(N)(=O)=O)c(F)cc1N. The highest BCUT2D eigenvalue weighted by atomic mass is 32.2. The summed E-state index contributed by atoms with van der Waals surface area (Å²) in [6.07, 6.45) is 0.203. The van der Waals surface area contributed by atoms with Gasteiger partial charge in [0.2, 0.25) is 10.0 Å². The van der Waals surface area contributed by atoms with E-state index in [0.717, 1.165) is 6.07 Å². The van der Waals surface area contributed by atoms with Crippen LogP contribution < -0.4 is 21.9 Å². The predicted molar refractivity (Wildman–Crippen MR) is 70.4 cm³/mol. The number of hydrogen-bond acceptors (Lipinski definition) is 5. The fourth-order valence-corrected chi connectivity index (χ4v) is 1.98. The van der Waals surface area contributed by atoms with Gasteiger partial charge in [0.15, 0.2) is 0 Å². The smallest absolute Gasteiger partial charge is 0.250 e. The van der Waals surface area contributed by atoms with Gasteiger partial charge in [-0.3, -0.25) is 4.79 Å². The Hall–Kier alpha value is -1.87. The molecule has 1 rings (SSSR count). The summed E-state index contributed by atoms with van der Waals surface area (Å²) in [5.74, 6) is -1.65. The number of carbonyl (C=O) groups is 1. The topological polar surface area (TPSA) is 141 Å². The van der Waals surface area contributed by atoms with E-state index < -0.39 is 21.7 Å². The summed E-state index contributed by atoms with van der Waals surface area (Å²) in [4.78, 5) is 11.0. The van der Waals surface area contributed by atoms with Crippen LogP contribution in [-0.4, -0.2) is 26.6 Å². The van der Waals surface area contributed by atoms with Crippen LogP contribution in [0, 0.1) is 5.82 Å². The third kappa shape index (κ3) is 4.72. The summed E-state index contributed by atoms with van der Waals surface area (Å²) in [6.45, 7) is 0.176. The van der Waals surface area contributed by atoms with E-state index in [9.17, 15) is 17.6 Å². The van der Waals surface area contributed by atoms with Gasteiger partial charge < -0.3 is 16.8 Å². The first-order valence-electron chi connectivity index (χ1n) is 5.34. The number of nitrogens with one attached hydrogen (secondary N) is 1. The van der Waals surface area contributed by atoms with E-state index in [1.54, 1.807) is 0 Å². The maximum absolute atomic E-state index is 13.5. The molecule has 0 saturated heterocycles. The number of nitrogens with two attached hydrogens (primary N) is 3. The van der Waals surface area contributed by atoms with Crippen LogP contribution in [0.15, 0.2) is 12.1 Å². The molecule has 0 bridgehead atoms. The predicted octanol–water partition coefficient (Wildman–Crippen LogP) is -0.403. The van der Waals surface area contributed by atoms with Crippen molar-refractivity contribution in [1.29, 1.82) is 0 Å². The second-order valence-electron chi connectivity index (χ2n) is 3.93. The monoisotopic (exact) mass is 290 g/mol. The molecule has 1 amide bonds. The van der Waals surface area contributed by atoms with Gasteiger partial charge in [0.1, 0.15) is 5.82 Å². The first-order valence-corrected chi connectivity index (χ1v) is 7.05. The number of rotatable bonds is 6. The molecule has 1 aromatic carbocycles. The van der Waals surface area contributed by atoms with Crippen molar-refractivity contribution >= 4 is 27.3 Å². The van der Waals surface area contributed by atoms with Gasteiger partial charge in [0.25, 0.3) is 5.91 Å². The molecule has 0 atom stereocenters. The fourth-order valence-electron chi connectivity index (χ4n) is 1.43. The molecular formula is C10H15FN4O3S. The lowest BCUT2D eigenvalue weighted by molar-refractivity contribution is 0.100. The van der Waals surface area contributed by atoms with Crippen molar-refractivity contribution in [3.8, 4) is 0 Å². The molecule has 0 aliphatic heterocycles. The van der Waals surface area contributed by atoms with Gasteiger partial charge in [-0.1, -0.05) is 0 Å². The fraction of sp³-hybridized carbons (Fsp3) is 0.300. The summed E-state index contributed by atoms with van der Waals surface area (Å²) in [5.41, 5.74) is 10.5. The maximum Gasteiger partial charge on any atom is 0.250 e. The lowest BCUT2D eigenvalue weighted by atomic mass is 10.1. The second kappa shape index (κ2) is 5.85. The zero-order valence-corrected chi connectivity index (χ0v) is 10.8. The number of hydrogen-bond donors (Lipinski definition) is 4. The van der Waals surface area contributed by atoms with Crippen LogP contribution in [0.5, 0.6) is 0 Å². The number of halogens is 1. The van der Waals surface area contributed by atoms with Crippen LogP contribution in [0.2, 0.25) is 0 Å². The highest BCUT2D eigenvalue weighted by Gasteiger charge is 2.11. The van der Waals surface area contributed by atoms with E-state index >= 15 is 0 Å². The molecule has 0 radical (unpaired) electrons. The molecule has 0 saturated carbocycles. The maximum atomic E-state index is 13.5. The minimum absolute atomic E-state index is 0.00431. The standard InChI is InChI=1S/C10H15FN4O3S/c11-7-5-8(12)6(10(13)16)4-9(7)15-2-1-3-19(14,17)18/h4-5,15H,1-3,12H2,(H2,13,16)(H2,14,17,18). The van der Waals surface area contributed by atoms with E-state index in [1.165, 1.54) is 6.07 Å². The van der Waals surface area contributed by atoms with Crippen molar-refractivity contribution in [1.82, 2.24) is 0 Å². The summed E-state index contributed by atoms with van der Waals surface area (Å²) < 4.78 is 34.9. The van der Waals surface area contributed by atoms with Crippen molar-refractivity contribution in [2.45, 2.75) is 6.42 Å². The molecule has 0 spiro atoms. The number of sulfonamides is 1. The zero-order chi connectivity index (χ0) is 14.6. The van der Waals surface area contributed by atoms with Crippen LogP contribution >= 0.6 is 0 Å². The van der Waals surface area contributed by atoms with Gasteiger partial charge in [0.05, 0.1) is 17.0 Å². The number of anilines is 2. The Labute approximate surface area is 110 Å². The Morgan fingerprint density at radius 2 is 2.00 bits per heavy atom. The normalized spacial score (nSPS) is 11.3. The van der Waals surface area contributed by atoms with Crippen LogP contribution in [0.1, 0.15) is 16.8 Å². The van der Waals surface area contributed by atoms with Crippen LogP contribution in [-0.2, 0) is 10.0 Å². The lowest BCUT2D eigenvalue weighted by Crippen LogP contribution is -2.19. The summed E-state index contributed by atoms with van der Waals surface area (Å²) in [7, 11) is -3.54. The van der Waals surface area contributed by atoms with E-state index in [-0.39, 0.29) is 35.7 Å². The lowest BCUT2D eigenvalue weighted by Gasteiger charge is -2.10. The Morgan fingerprint density at radius 1 is 1.37 bits per heavy atom.